The molecule has 0 radical (unpaired) electrons. The molecule has 0 saturated carbocycles. The van der Waals surface area contributed by atoms with Gasteiger partial charge in [0, 0.05) is 24.9 Å². The minimum Gasteiger partial charge on any atom is -0.348 e. The summed E-state index contributed by atoms with van der Waals surface area (Å²) in [6, 6.07) is 1.43. The van der Waals surface area contributed by atoms with Gasteiger partial charge in [-0.15, -0.1) is 11.3 Å². The first-order valence-corrected chi connectivity index (χ1v) is 8.38. The Morgan fingerprint density at radius 2 is 2.33 bits per heavy atom. The number of H-pyrrole nitrogens is 1. The summed E-state index contributed by atoms with van der Waals surface area (Å²) in [6.07, 6.45) is 3.77. The second-order valence-electron chi connectivity index (χ2n) is 3.41. The number of hydrogen-bond donors (Lipinski definition) is 2. The molecule has 0 aliphatic heterocycles. The first-order valence-electron chi connectivity index (χ1n) is 4.91. The van der Waals surface area contributed by atoms with E-state index in [-0.39, 0.29) is 4.21 Å². The van der Waals surface area contributed by atoms with Crippen molar-refractivity contribution in [2.24, 2.45) is 0 Å². The molecule has 2 rings (SSSR count). The Morgan fingerprint density at radius 3 is 2.89 bits per heavy atom. The minimum atomic E-state index is -3.50. The predicted octanol–water partition coefficient (Wildman–Crippen LogP) is 2.41. The van der Waals surface area contributed by atoms with Crippen LogP contribution in [0.5, 0.6) is 0 Å². The second kappa shape index (κ2) is 5.70. The van der Waals surface area contributed by atoms with Crippen molar-refractivity contribution in [1.29, 1.82) is 0 Å². The van der Waals surface area contributed by atoms with Crippen LogP contribution in [0.2, 0.25) is 5.02 Å². The van der Waals surface area contributed by atoms with Crippen molar-refractivity contribution in [2.75, 3.05) is 6.54 Å². The van der Waals surface area contributed by atoms with E-state index < -0.39 is 10.0 Å². The SMILES string of the molecule is O=S(=O)(NCCc1cnc[nH]1)c1cc(Cl)c(Br)s1. The lowest BCUT2D eigenvalue weighted by molar-refractivity contribution is 0.583. The highest BCUT2D eigenvalue weighted by Gasteiger charge is 2.18. The predicted molar refractivity (Wildman–Crippen MR) is 74.5 cm³/mol. The highest BCUT2D eigenvalue weighted by molar-refractivity contribution is 9.11. The molecule has 0 spiro atoms. The fourth-order valence-corrected chi connectivity index (χ4v) is 4.75. The van der Waals surface area contributed by atoms with Crippen molar-refractivity contribution in [3.05, 3.63) is 33.1 Å². The van der Waals surface area contributed by atoms with Crippen molar-refractivity contribution < 1.29 is 8.42 Å². The van der Waals surface area contributed by atoms with Gasteiger partial charge < -0.3 is 4.98 Å². The third-order valence-corrected chi connectivity index (χ3v) is 6.54. The highest BCUT2D eigenvalue weighted by atomic mass is 79.9. The van der Waals surface area contributed by atoms with E-state index in [1.807, 2.05) is 0 Å². The summed E-state index contributed by atoms with van der Waals surface area (Å²) in [7, 11) is -3.50. The monoisotopic (exact) mass is 369 g/mol. The summed E-state index contributed by atoms with van der Waals surface area (Å²) in [5, 5.41) is 0.397. The van der Waals surface area contributed by atoms with E-state index in [1.165, 1.54) is 6.07 Å². The molecule has 98 valence electrons. The number of imidazole rings is 1. The van der Waals surface area contributed by atoms with Gasteiger partial charge in [-0.25, -0.2) is 18.1 Å². The number of sulfonamides is 1. The van der Waals surface area contributed by atoms with Crippen LogP contribution in [0, 0.1) is 0 Å². The Balaban J connectivity index is 1.99. The van der Waals surface area contributed by atoms with Gasteiger partial charge in [-0.3, -0.25) is 0 Å². The number of rotatable bonds is 5. The number of halogens is 2. The van der Waals surface area contributed by atoms with E-state index >= 15 is 0 Å². The summed E-state index contributed by atoms with van der Waals surface area (Å²) < 4.78 is 27.2. The summed E-state index contributed by atoms with van der Waals surface area (Å²) in [6.45, 7) is 0.303. The Bertz CT molecular complexity index is 605. The Labute approximate surface area is 122 Å². The average Bonchev–Trinajstić information content (AvgIpc) is 2.90. The first kappa shape index (κ1) is 14.0. The topological polar surface area (TPSA) is 74.8 Å². The number of nitrogens with one attached hydrogen (secondary N) is 2. The van der Waals surface area contributed by atoms with Crippen LogP contribution in [0.25, 0.3) is 0 Å². The van der Waals surface area contributed by atoms with Crippen LogP contribution in [0.4, 0.5) is 0 Å². The van der Waals surface area contributed by atoms with Crippen LogP contribution in [-0.4, -0.2) is 24.9 Å². The molecule has 0 amide bonds. The molecule has 0 aromatic carbocycles. The van der Waals surface area contributed by atoms with Crippen molar-refractivity contribution in [3.63, 3.8) is 0 Å². The standard InChI is InChI=1S/C9H9BrClN3O2S2/c10-9-7(11)3-8(17-9)18(15,16)14-2-1-6-4-12-5-13-6/h3-5,14H,1-2H2,(H,12,13). The van der Waals surface area contributed by atoms with Crippen LogP contribution in [0.3, 0.4) is 0 Å². The summed E-state index contributed by atoms with van der Waals surface area (Å²) in [4.78, 5) is 6.76. The number of aromatic amines is 1. The average molecular weight is 371 g/mol. The Kier molecular flexibility index (Phi) is 4.44. The zero-order valence-corrected chi connectivity index (χ0v) is 13.0. The quantitative estimate of drug-likeness (QED) is 0.848. The Hall–Kier alpha value is -0.410. The van der Waals surface area contributed by atoms with Crippen molar-refractivity contribution in [3.8, 4) is 0 Å². The van der Waals surface area contributed by atoms with Crippen molar-refractivity contribution >= 4 is 48.9 Å². The molecule has 5 nitrogen and oxygen atoms in total. The molecule has 2 aromatic rings. The molecular weight excluding hydrogens is 362 g/mol. The van der Waals surface area contributed by atoms with Crippen molar-refractivity contribution in [2.45, 2.75) is 10.6 Å². The third-order valence-electron chi connectivity index (χ3n) is 2.13. The molecule has 0 aliphatic rings. The number of nitrogens with zero attached hydrogens (tertiary/aromatic N) is 1. The van der Waals surface area contributed by atoms with E-state index in [4.69, 9.17) is 11.6 Å². The van der Waals surface area contributed by atoms with E-state index in [1.54, 1.807) is 12.5 Å². The minimum absolute atomic E-state index is 0.198. The molecule has 18 heavy (non-hydrogen) atoms. The zero-order chi connectivity index (χ0) is 13.2. The molecule has 0 fully saturated rings. The zero-order valence-electron chi connectivity index (χ0n) is 8.98. The van der Waals surface area contributed by atoms with Crippen LogP contribution in [-0.2, 0) is 16.4 Å². The van der Waals surface area contributed by atoms with Gasteiger partial charge in [0.2, 0.25) is 10.0 Å². The molecular formula is C9H9BrClN3O2S2. The maximum atomic E-state index is 11.9. The highest BCUT2D eigenvalue weighted by Crippen LogP contribution is 2.34. The molecule has 0 aliphatic carbocycles. The number of thiophene rings is 1. The number of hydrogen-bond acceptors (Lipinski definition) is 4. The molecule has 0 bridgehead atoms. The molecule has 9 heteroatoms. The molecule has 2 N–H and O–H groups in total. The van der Waals surface area contributed by atoms with Gasteiger partial charge in [-0.2, -0.15) is 0 Å². The molecule has 0 saturated heterocycles. The first-order chi connectivity index (χ1) is 8.49. The summed E-state index contributed by atoms with van der Waals surface area (Å²) in [5.41, 5.74) is 0.878. The molecule has 2 heterocycles. The van der Waals surface area contributed by atoms with Crippen LogP contribution < -0.4 is 4.72 Å². The summed E-state index contributed by atoms with van der Waals surface area (Å²) in [5.74, 6) is 0. The Morgan fingerprint density at radius 1 is 1.56 bits per heavy atom. The van der Waals surface area contributed by atoms with Gasteiger partial charge in [-0.1, -0.05) is 11.6 Å². The van der Waals surface area contributed by atoms with Gasteiger partial charge in [-0.05, 0) is 22.0 Å². The van der Waals surface area contributed by atoms with Gasteiger partial charge >= 0.3 is 0 Å². The van der Waals surface area contributed by atoms with E-state index in [0.29, 0.717) is 21.8 Å². The van der Waals surface area contributed by atoms with E-state index in [0.717, 1.165) is 17.0 Å². The smallest absolute Gasteiger partial charge is 0.250 e. The lowest BCUT2D eigenvalue weighted by atomic mass is 10.3. The van der Waals surface area contributed by atoms with Crippen LogP contribution in [0.15, 0.2) is 26.6 Å². The lowest BCUT2D eigenvalue weighted by Crippen LogP contribution is -2.25. The third kappa shape index (κ3) is 3.33. The maximum absolute atomic E-state index is 11.9. The van der Waals surface area contributed by atoms with Gasteiger partial charge in [0.05, 0.1) is 15.1 Å². The van der Waals surface area contributed by atoms with Crippen molar-refractivity contribution in [1.82, 2.24) is 14.7 Å². The molecule has 2 aromatic heterocycles. The van der Waals surface area contributed by atoms with Crippen LogP contribution >= 0.6 is 38.9 Å². The fourth-order valence-electron chi connectivity index (χ4n) is 1.27. The number of aromatic nitrogens is 2. The fraction of sp³-hybridized carbons (Fsp3) is 0.222. The normalized spacial score (nSPS) is 11.9. The largest absolute Gasteiger partial charge is 0.348 e. The van der Waals surface area contributed by atoms with Gasteiger partial charge in [0.25, 0.3) is 0 Å². The van der Waals surface area contributed by atoms with Gasteiger partial charge in [0.1, 0.15) is 4.21 Å². The van der Waals surface area contributed by atoms with E-state index in [2.05, 4.69) is 30.6 Å². The van der Waals surface area contributed by atoms with Gasteiger partial charge in [0.15, 0.2) is 0 Å². The molecule has 0 atom stereocenters. The summed E-state index contributed by atoms with van der Waals surface area (Å²) >= 11 is 10.1. The maximum Gasteiger partial charge on any atom is 0.250 e. The second-order valence-corrected chi connectivity index (χ2v) is 8.18. The molecule has 0 unspecified atom stereocenters. The lowest BCUT2D eigenvalue weighted by Gasteiger charge is -2.03. The van der Waals surface area contributed by atoms with E-state index in [9.17, 15) is 8.42 Å². The van der Waals surface area contributed by atoms with Crippen LogP contribution in [0.1, 0.15) is 5.69 Å².